The van der Waals surface area contributed by atoms with Crippen molar-refractivity contribution >= 4 is 5.91 Å². The van der Waals surface area contributed by atoms with Gasteiger partial charge in [0.2, 0.25) is 5.91 Å². The van der Waals surface area contributed by atoms with E-state index in [1.54, 1.807) is 0 Å². The predicted octanol–water partition coefficient (Wildman–Crippen LogP) is 1.02. The van der Waals surface area contributed by atoms with Gasteiger partial charge in [0.1, 0.15) is 0 Å². The SMILES string of the molecule is CC1CCCCC1NC(=O)CNC1(C)CCNC1. The minimum absolute atomic E-state index is 0.0928. The number of carbonyl (C=O) groups is 1. The van der Waals surface area contributed by atoms with Gasteiger partial charge in [0.05, 0.1) is 6.54 Å². The van der Waals surface area contributed by atoms with Gasteiger partial charge < -0.3 is 16.0 Å². The van der Waals surface area contributed by atoms with E-state index in [2.05, 4.69) is 29.8 Å². The molecule has 1 saturated carbocycles. The lowest BCUT2D eigenvalue weighted by atomic mass is 9.86. The zero-order chi connectivity index (χ0) is 13.0. The van der Waals surface area contributed by atoms with Gasteiger partial charge in [-0.25, -0.2) is 0 Å². The third-order valence-electron chi connectivity index (χ3n) is 4.50. The van der Waals surface area contributed by atoms with Crippen LogP contribution in [0.15, 0.2) is 0 Å². The molecule has 1 saturated heterocycles. The summed E-state index contributed by atoms with van der Waals surface area (Å²) in [5.74, 6) is 0.785. The van der Waals surface area contributed by atoms with Crippen LogP contribution >= 0.6 is 0 Å². The van der Waals surface area contributed by atoms with Gasteiger partial charge in [-0.05, 0) is 38.6 Å². The monoisotopic (exact) mass is 253 g/mol. The van der Waals surface area contributed by atoms with Crippen molar-refractivity contribution in [1.82, 2.24) is 16.0 Å². The third-order valence-corrected chi connectivity index (χ3v) is 4.50. The highest BCUT2D eigenvalue weighted by molar-refractivity contribution is 5.78. The molecule has 4 heteroatoms. The molecule has 1 heterocycles. The van der Waals surface area contributed by atoms with Crippen LogP contribution in [0, 0.1) is 5.92 Å². The van der Waals surface area contributed by atoms with Crippen molar-refractivity contribution < 1.29 is 4.79 Å². The van der Waals surface area contributed by atoms with Crippen molar-refractivity contribution in [1.29, 1.82) is 0 Å². The second-order valence-corrected chi connectivity index (χ2v) is 6.28. The van der Waals surface area contributed by atoms with Crippen LogP contribution in [0.4, 0.5) is 0 Å². The molecule has 0 bridgehead atoms. The summed E-state index contributed by atoms with van der Waals surface area (Å²) in [6.45, 7) is 6.88. The highest BCUT2D eigenvalue weighted by Gasteiger charge is 2.29. The van der Waals surface area contributed by atoms with Crippen LogP contribution in [0.5, 0.6) is 0 Å². The lowest BCUT2D eigenvalue weighted by Crippen LogP contribution is -2.51. The zero-order valence-corrected chi connectivity index (χ0v) is 11.7. The van der Waals surface area contributed by atoms with Crippen LogP contribution in [-0.4, -0.2) is 37.1 Å². The minimum atomic E-state index is 0.0928. The molecule has 3 atom stereocenters. The first kappa shape index (κ1) is 13.8. The summed E-state index contributed by atoms with van der Waals surface area (Å²) in [5, 5.41) is 9.91. The molecule has 1 aliphatic heterocycles. The van der Waals surface area contributed by atoms with E-state index in [4.69, 9.17) is 0 Å². The summed E-state index contributed by atoms with van der Waals surface area (Å²) in [4.78, 5) is 12.0. The van der Waals surface area contributed by atoms with Crippen LogP contribution in [-0.2, 0) is 4.79 Å². The summed E-state index contributed by atoms with van der Waals surface area (Å²) in [7, 11) is 0. The van der Waals surface area contributed by atoms with Crippen LogP contribution in [0.1, 0.15) is 46.0 Å². The van der Waals surface area contributed by atoms with Gasteiger partial charge in [-0.15, -0.1) is 0 Å². The van der Waals surface area contributed by atoms with E-state index in [1.165, 1.54) is 19.3 Å². The molecule has 1 amide bonds. The average Bonchev–Trinajstić information content (AvgIpc) is 2.77. The summed E-state index contributed by atoms with van der Waals surface area (Å²) in [5.41, 5.74) is 0.0928. The Hall–Kier alpha value is -0.610. The van der Waals surface area contributed by atoms with Crippen molar-refractivity contribution in [2.24, 2.45) is 5.92 Å². The van der Waals surface area contributed by atoms with Crippen molar-refractivity contribution in [3.8, 4) is 0 Å². The van der Waals surface area contributed by atoms with E-state index in [9.17, 15) is 4.79 Å². The van der Waals surface area contributed by atoms with E-state index in [0.29, 0.717) is 18.5 Å². The Morgan fingerprint density at radius 1 is 1.39 bits per heavy atom. The summed E-state index contributed by atoms with van der Waals surface area (Å²) < 4.78 is 0. The molecular weight excluding hydrogens is 226 g/mol. The normalized spacial score (nSPS) is 36.6. The van der Waals surface area contributed by atoms with Crippen molar-refractivity contribution in [3.63, 3.8) is 0 Å². The maximum absolute atomic E-state index is 12.0. The number of hydrogen-bond donors (Lipinski definition) is 3. The Bertz CT molecular complexity index is 287. The summed E-state index contributed by atoms with van der Waals surface area (Å²) in [6.07, 6.45) is 6.06. The summed E-state index contributed by atoms with van der Waals surface area (Å²) >= 11 is 0. The molecule has 2 fully saturated rings. The topological polar surface area (TPSA) is 53.2 Å². The lowest BCUT2D eigenvalue weighted by Gasteiger charge is -2.30. The Kier molecular flexibility index (Phi) is 4.62. The van der Waals surface area contributed by atoms with Gasteiger partial charge >= 0.3 is 0 Å². The van der Waals surface area contributed by atoms with Gasteiger partial charge in [0.25, 0.3) is 0 Å². The molecule has 4 nitrogen and oxygen atoms in total. The summed E-state index contributed by atoms with van der Waals surface area (Å²) in [6, 6.07) is 0.391. The Balaban J connectivity index is 1.71. The molecule has 2 aliphatic rings. The molecule has 3 N–H and O–H groups in total. The molecule has 0 aromatic rings. The molecule has 0 aromatic carbocycles. The third kappa shape index (κ3) is 3.69. The van der Waals surface area contributed by atoms with Gasteiger partial charge in [-0.3, -0.25) is 4.79 Å². The first-order valence-electron chi connectivity index (χ1n) is 7.34. The van der Waals surface area contributed by atoms with Gasteiger partial charge in [-0.1, -0.05) is 19.8 Å². The molecule has 104 valence electrons. The minimum Gasteiger partial charge on any atom is -0.352 e. The second-order valence-electron chi connectivity index (χ2n) is 6.28. The quantitative estimate of drug-likeness (QED) is 0.701. The van der Waals surface area contributed by atoms with Crippen LogP contribution in [0.25, 0.3) is 0 Å². The van der Waals surface area contributed by atoms with Gasteiger partial charge in [0, 0.05) is 18.1 Å². The smallest absolute Gasteiger partial charge is 0.234 e. The maximum Gasteiger partial charge on any atom is 0.234 e. The van der Waals surface area contributed by atoms with E-state index < -0.39 is 0 Å². The lowest BCUT2D eigenvalue weighted by molar-refractivity contribution is -0.121. The fourth-order valence-electron chi connectivity index (χ4n) is 3.05. The molecule has 0 aromatic heterocycles. The first-order chi connectivity index (χ1) is 8.59. The van der Waals surface area contributed by atoms with Crippen molar-refractivity contribution in [2.75, 3.05) is 19.6 Å². The molecule has 1 aliphatic carbocycles. The van der Waals surface area contributed by atoms with Crippen LogP contribution < -0.4 is 16.0 Å². The standard InChI is InChI=1S/C14H27N3O/c1-11-5-3-4-6-12(11)17-13(18)9-16-14(2)7-8-15-10-14/h11-12,15-16H,3-10H2,1-2H3,(H,17,18). The number of carbonyl (C=O) groups excluding carboxylic acids is 1. The Morgan fingerprint density at radius 2 is 2.17 bits per heavy atom. The van der Waals surface area contributed by atoms with E-state index >= 15 is 0 Å². The van der Waals surface area contributed by atoms with Crippen molar-refractivity contribution in [3.05, 3.63) is 0 Å². The molecular formula is C14H27N3O. The molecule has 3 unspecified atom stereocenters. The average molecular weight is 253 g/mol. The highest BCUT2D eigenvalue weighted by Crippen LogP contribution is 2.23. The number of hydrogen-bond acceptors (Lipinski definition) is 3. The largest absolute Gasteiger partial charge is 0.352 e. The number of nitrogens with one attached hydrogen (secondary N) is 3. The predicted molar refractivity (Wildman–Crippen MR) is 73.5 cm³/mol. The second kappa shape index (κ2) is 6.02. The van der Waals surface area contributed by atoms with Gasteiger partial charge in [-0.2, -0.15) is 0 Å². The molecule has 18 heavy (non-hydrogen) atoms. The van der Waals surface area contributed by atoms with E-state index in [-0.39, 0.29) is 11.4 Å². The van der Waals surface area contributed by atoms with Gasteiger partial charge in [0.15, 0.2) is 0 Å². The molecule has 2 rings (SSSR count). The molecule has 0 radical (unpaired) electrons. The Labute approximate surface area is 110 Å². The maximum atomic E-state index is 12.0. The van der Waals surface area contributed by atoms with E-state index in [1.807, 2.05) is 0 Å². The zero-order valence-electron chi connectivity index (χ0n) is 11.7. The van der Waals surface area contributed by atoms with Crippen molar-refractivity contribution in [2.45, 2.75) is 57.5 Å². The van der Waals surface area contributed by atoms with E-state index in [0.717, 1.165) is 25.9 Å². The van der Waals surface area contributed by atoms with Crippen LogP contribution in [0.3, 0.4) is 0 Å². The highest BCUT2D eigenvalue weighted by atomic mass is 16.2. The fraction of sp³-hybridized carbons (Fsp3) is 0.929. The van der Waals surface area contributed by atoms with Crippen LogP contribution in [0.2, 0.25) is 0 Å². The molecule has 0 spiro atoms. The fourth-order valence-corrected chi connectivity index (χ4v) is 3.05. The Morgan fingerprint density at radius 3 is 2.83 bits per heavy atom. The number of rotatable bonds is 4. The first-order valence-corrected chi connectivity index (χ1v) is 7.34. The number of amides is 1.